The number of nitrogens with zero attached hydrogens (tertiary/aromatic N) is 3. The van der Waals surface area contributed by atoms with E-state index in [4.69, 9.17) is 9.47 Å². The number of carbonyl (C=O) groups excluding carboxylic acids is 2. The molecule has 0 radical (unpaired) electrons. The molecule has 5 aromatic rings. The Labute approximate surface area is 275 Å². The summed E-state index contributed by atoms with van der Waals surface area (Å²) in [5.74, 6) is -0.291. The van der Waals surface area contributed by atoms with Gasteiger partial charge in [-0.2, -0.15) is 0 Å². The summed E-state index contributed by atoms with van der Waals surface area (Å²) in [4.78, 5) is 28.7. The molecule has 10 heteroatoms. The zero-order valence-electron chi connectivity index (χ0n) is 25.5. The number of rotatable bonds is 10. The summed E-state index contributed by atoms with van der Waals surface area (Å²) in [6.07, 6.45) is 0. The SMILES string of the molecule is COc1cc(C2/C(=C(/O)c3ccc(C)cc3)C(=O)C(=O)N2c2nnc(SCc3ccc(C)cc3)s2)ccc1OCc1ccccc1. The highest BCUT2D eigenvalue weighted by Crippen LogP contribution is 2.45. The molecule has 8 nitrogen and oxygen atoms in total. The van der Waals surface area contributed by atoms with Gasteiger partial charge in [0.1, 0.15) is 12.4 Å². The van der Waals surface area contributed by atoms with Crippen molar-refractivity contribution in [2.24, 2.45) is 0 Å². The average molecular weight is 650 g/mol. The van der Waals surface area contributed by atoms with Crippen molar-refractivity contribution in [1.29, 1.82) is 0 Å². The maximum Gasteiger partial charge on any atom is 0.301 e. The van der Waals surface area contributed by atoms with E-state index < -0.39 is 17.7 Å². The lowest BCUT2D eigenvalue weighted by molar-refractivity contribution is -0.132. The van der Waals surface area contributed by atoms with Gasteiger partial charge in [0.25, 0.3) is 5.78 Å². The number of aliphatic hydroxyl groups is 1. The van der Waals surface area contributed by atoms with Gasteiger partial charge in [0.2, 0.25) is 5.13 Å². The molecule has 1 saturated heterocycles. The van der Waals surface area contributed by atoms with Crippen molar-refractivity contribution in [2.45, 2.75) is 36.6 Å². The molecule has 1 aromatic heterocycles. The third-order valence-electron chi connectivity index (χ3n) is 7.59. The number of hydrogen-bond acceptors (Lipinski definition) is 9. The molecule has 4 aromatic carbocycles. The lowest BCUT2D eigenvalue weighted by atomic mass is 9.95. The first kappa shape index (κ1) is 31.1. The number of thioether (sulfide) groups is 1. The Morgan fingerprint density at radius 3 is 2.26 bits per heavy atom. The Bertz CT molecular complexity index is 1900. The Balaban J connectivity index is 1.37. The maximum absolute atomic E-state index is 13.7. The van der Waals surface area contributed by atoms with Gasteiger partial charge in [0.15, 0.2) is 15.8 Å². The van der Waals surface area contributed by atoms with Gasteiger partial charge in [-0.15, -0.1) is 10.2 Å². The van der Waals surface area contributed by atoms with Crippen LogP contribution in [0.15, 0.2) is 107 Å². The lowest BCUT2D eigenvalue weighted by Gasteiger charge is -2.23. The number of carbonyl (C=O) groups is 2. The molecule has 1 atom stereocenters. The molecule has 1 aliphatic rings. The summed E-state index contributed by atoms with van der Waals surface area (Å²) in [7, 11) is 1.53. The number of ketones is 1. The predicted octanol–water partition coefficient (Wildman–Crippen LogP) is 7.66. The normalized spacial score (nSPS) is 15.7. The van der Waals surface area contributed by atoms with Gasteiger partial charge in [-0.05, 0) is 42.7 Å². The molecule has 1 aliphatic heterocycles. The molecule has 1 fully saturated rings. The van der Waals surface area contributed by atoms with E-state index in [0.717, 1.165) is 16.7 Å². The van der Waals surface area contributed by atoms with Crippen LogP contribution in [0.5, 0.6) is 11.5 Å². The van der Waals surface area contributed by atoms with Gasteiger partial charge in [0.05, 0.1) is 18.7 Å². The number of hydrogen-bond donors (Lipinski definition) is 1. The zero-order valence-corrected chi connectivity index (χ0v) is 27.1. The molecule has 2 heterocycles. The summed E-state index contributed by atoms with van der Waals surface area (Å²) in [5.41, 5.74) is 5.22. The lowest BCUT2D eigenvalue weighted by Crippen LogP contribution is -2.29. The second kappa shape index (κ2) is 13.6. The standard InChI is InChI=1S/C36H31N3O5S2/c1-22-9-13-25(14-10-22)21-45-36-38-37-35(46-36)39-31(30(33(41)34(39)42)32(40)26-15-11-23(2)12-16-26)27-17-18-28(29(19-27)43-3)44-20-24-7-5-4-6-8-24/h4-19,31,40H,20-21H2,1-3H3/b32-30-. The molecular formula is C36H31N3O5S2. The molecule has 0 bridgehead atoms. The Kier molecular flexibility index (Phi) is 9.18. The van der Waals surface area contributed by atoms with E-state index >= 15 is 0 Å². The number of benzene rings is 4. The minimum atomic E-state index is -0.985. The van der Waals surface area contributed by atoms with Crippen molar-refractivity contribution < 1.29 is 24.2 Å². The van der Waals surface area contributed by atoms with Crippen LogP contribution in [0.3, 0.4) is 0 Å². The molecule has 0 aliphatic carbocycles. The van der Waals surface area contributed by atoms with E-state index in [1.807, 2.05) is 56.3 Å². The van der Waals surface area contributed by atoms with E-state index in [2.05, 4.69) is 34.5 Å². The van der Waals surface area contributed by atoms with Crippen LogP contribution < -0.4 is 14.4 Å². The second-order valence-electron chi connectivity index (χ2n) is 10.8. The van der Waals surface area contributed by atoms with E-state index in [-0.39, 0.29) is 16.5 Å². The molecule has 232 valence electrons. The van der Waals surface area contributed by atoms with Crippen molar-refractivity contribution in [2.75, 3.05) is 12.0 Å². The van der Waals surface area contributed by atoms with Crippen LogP contribution in [-0.4, -0.2) is 34.1 Å². The summed E-state index contributed by atoms with van der Waals surface area (Å²) < 4.78 is 12.4. The van der Waals surface area contributed by atoms with Crippen LogP contribution in [0.2, 0.25) is 0 Å². The first-order chi connectivity index (χ1) is 22.3. The Morgan fingerprint density at radius 1 is 0.870 bits per heavy atom. The highest BCUT2D eigenvalue weighted by Gasteiger charge is 2.48. The van der Waals surface area contributed by atoms with E-state index in [1.54, 1.807) is 30.3 Å². The molecule has 1 unspecified atom stereocenters. The fourth-order valence-electron chi connectivity index (χ4n) is 5.11. The van der Waals surface area contributed by atoms with Crippen molar-refractivity contribution in [1.82, 2.24) is 10.2 Å². The second-order valence-corrected chi connectivity index (χ2v) is 13.0. The summed E-state index contributed by atoms with van der Waals surface area (Å²) in [6.45, 7) is 4.30. The summed E-state index contributed by atoms with van der Waals surface area (Å²) >= 11 is 2.72. The first-order valence-corrected chi connectivity index (χ1v) is 16.4. The fraction of sp³-hybridized carbons (Fsp3) is 0.167. The monoisotopic (exact) mass is 649 g/mol. The third-order valence-corrected chi connectivity index (χ3v) is 9.72. The number of Topliss-reactive ketones (excluding diaryl/α,β-unsaturated/α-hetero) is 1. The van der Waals surface area contributed by atoms with Gasteiger partial charge in [-0.1, -0.05) is 119 Å². The van der Waals surface area contributed by atoms with Crippen molar-refractivity contribution in [3.05, 3.63) is 136 Å². The maximum atomic E-state index is 13.7. The van der Waals surface area contributed by atoms with Gasteiger partial charge < -0.3 is 14.6 Å². The van der Waals surface area contributed by atoms with Gasteiger partial charge in [-0.3, -0.25) is 14.5 Å². The highest BCUT2D eigenvalue weighted by molar-refractivity contribution is 8.00. The Morgan fingerprint density at radius 2 is 1.57 bits per heavy atom. The third kappa shape index (κ3) is 6.54. The quantitative estimate of drug-likeness (QED) is 0.0541. The summed E-state index contributed by atoms with van der Waals surface area (Å²) in [5, 5.41) is 20.4. The number of ether oxygens (including phenoxy) is 2. The van der Waals surface area contributed by atoms with E-state index in [1.165, 1.54) is 40.7 Å². The molecule has 0 spiro atoms. The predicted molar refractivity (Wildman–Crippen MR) is 180 cm³/mol. The van der Waals surface area contributed by atoms with Gasteiger partial charge >= 0.3 is 5.91 Å². The molecule has 1 amide bonds. The fourth-order valence-corrected chi connectivity index (χ4v) is 6.93. The van der Waals surface area contributed by atoms with Gasteiger partial charge in [-0.25, -0.2) is 0 Å². The molecule has 46 heavy (non-hydrogen) atoms. The van der Waals surface area contributed by atoms with Crippen LogP contribution in [0.1, 0.15) is 39.4 Å². The minimum Gasteiger partial charge on any atom is -0.507 e. The van der Waals surface area contributed by atoms with E-state index in [0.29, 0.717) is 39.3 Å². The minimum absolute atomic E-state index is 0.0436. The van der Waals surface area contributed by atoms with Crippen LogP contribution in [0.4, 0.5) is 5.13 Å². The highest BCUT2D eigenvalue weighted by atomic mass is 32.2. The summed E-state index contributed by atoms with van der Waals surface area (Å²) in [6, 6.07) is 29.4. The van der Waals surface area contributed by atoms with Crippen LogP contribution >= 0.6 is 23.1 Å². The molecule has 0 saturated carbocycles. The van der Waals surface area contributed by atoms with E-state index in [9.17, 15) is 14.7 Å². The smallest absolute Gasteiger partial charge is 0.301 e. The molecular weight excluding hydrogens is 619 g/mol. The largest absolute Gasteiger partial charge is 0.507 e. The van der Waals surface area contributed by atoms with Crippen LogP contribution in [0.25, 0.3) is 5.76 Å². The van der Waals surface area contributed by atoms with Crippen molar-refractivity contribution in [3.8, 4) is 11.5 Å². The molecule has 1 N–H and O–H groups in total. The number of aliphatic hydroxyl groups excluding tert-OH is 1. The number of anilines is 1. The van der Waals surface area contributed by atoms with Crippen LogP contribution in [-0.2, 0) is 21.9 Å². The van der Waals surface area contributed by atoms with Gasteiger partial charge in [0, 0.05) is 11.3 Å². The first-order valence-electron chi connectivity index (χ1n) is 14.6. The molecule has 6 rings (SSSR count). The van der Waals surface area contributed by atoms with Crippen LogP contribution in [0, 0.1) is 13.8 Å². The number of amides is 1. The number of aromatic nitrogens is 2. The van der Waals surface area contributed by atoms with Crippen molar-refractivity contribution in [3.63, 3.8) is 0 Å². The van der Waals surface area contributed by atoms with Crippen molar-refractivity contribution >= 4 is 45.7 Å². The average Bonchev–Trinajstić information content (AvgIpc) is 3.65. The topological polar surface area (TPSA) is 102 Å². The zero-order chi connectivity index (χ0) is 32.2. The number of methoxy groups -OCH3 is 1. The number of aryl methyl sites for hydroxylation is 2. The Hall–Kier alpha value is -4.93.